The Kier molecular flexibility index (Phi) is 6.36. The van der Waals surface area contributed by atoms with Crippen molar-refractivity contribution >= 4 is 17.5 Å². The lowest BCUT2D eigenvalue weighted by Crippen LogP contribution is -2.47. The third kappa shape index (κ3) is 5.00. The minimum atomic E-state index is -1.65. The van der Waals surface area contributed by atoms with Gasteiger partial charge in [-0.2, -0.15) is 0 Å². The summed E-state index contributed by atoms with van der Waals surface area (Å²) in [4.78, 5) is 26.0. The number of hydrogen-bond acceptors (Lipinski definition) is 3. The van der Waals surface area contributed by atoms with Crippen molar-refractivity contribution in [3.8, 4) is 0 Å². The second-order valence-electron chi connectivity index (χ2n) is 7.38. The molecule has 0 unspecified atom stereocenters. The zero-order valence-corrected chi connectivity index (χ0v) is 15.1. The van der Waals surface area contributed by atoms with E-state index in [1.165, 1.54) is 25.7 Å². The van der Waals surface area contributed by atoms with Crippen LogP contribution in [0, 0.1) is 29.3 Å². The van der Waals surface area contributed by atoms with Crippen LogP contribution in [0.2, 0.25) is 0 Å². The quantitative estimate of drug-likeness (QED) is 0.769. The van der Waals surface area contributed by atoms with Gasteiger partial charge in [0.15, 0.2) is 17.5 Å². The molecule has 0 bridgehead atoms. The zero-order chi connectivity index (χ0) is 19.4. The van der Waals surface area contributed by atoms with Crippen LogP contribution in [0.3, 0.4) is 0 Å². The average molecular weight is 383 g/mol. The summed E-state index contributed by atoms with van der Waals surface area (Å²) in [5.41, 5.74) is -0.465. The number of halogens is 3. The number of benzene rings is 1. The molecule has 0 spiro atoms. The van der Waals surface area contributed by atoms with Gasteiger partial charge in [0.1, 0.15) is 0 Å². The number of hydrogen-bond donors (Lipinski definition) is 2. The Bertz CT molecular complexity index is 714. The Balaban J connectivity index is 1.42. The molecular weight excluding hydrogens is 359 g/mol. The molecule has 3 rings (SSSR count). The number of carbonyl (C=O) groups excluding carboxylic acids is 2. The van der Waals surface area contributed by atoms with Gasteiger partial charge < -0.3 is 10.6 Å². The lowest BCUT2D eigenvalue weighted by Gasteiger charge is -2.41. The zero-order valence-electron chi connectivity index (χ0n) is 15.1. The summed E-state index contributed by atoms with van der Waals surface area (Å²) in [7, 11) is 0. The third-order valence-electron chi connectivity index (χ3n) is 5.50. The second kappa shape index (κ2) is 8.73. The number of rotatable bonds is 5. The monoisotopic (exact) mass is 383 g/mol. The van der Waals surface area contributed by atoms with Crippen LogP contribution in [0.15, 0.2) is 12.1 Å². The van der Waals surface area contributed by atoms with Crippen molar-refractivity contribution in [3.05, 3.63) is 29.6 Å². The Morgan fingerprint density at radius 2 is 1.74 bits per heavy atom. The summed E-state index contributed by atoms with van der Waals surface area (Å²) in [6.45, 7) is 1.64. The van der Waals surface area contributed by atoms with Gasteiger partial charge >= 0.3 is 0 Å². The summed E-state index contributed by atoms with van der Waals surface area (Å²) in [6, 6.07) is 1.66. The first-order chi connectivity index (χ1) is 12.9. The van der Waals surface area contributed by atoms with E-state index in [0.717, 1.165) is 37.6 Å². The molecule has 5 nitrogen and oxygen atoms in total. The fourth-order valence-electron chi connectivity index (χ4n) is 4.07. The predicted octanol–water partition coefficient (Wildman–Crippen LogP) is 2.67. The highest BCUT2D eigenvalue weighted by Gasteiger charge is 2.31. The van der Waals surface area contributed by atoms with Crippen LogP contribution in [0.1, 0.15) is 32.1 Å². The van der Waals surface area contributed by atoms with E-state index in [0.29, 0.717) is 5.92 Å². The van der Waals surface area contributed by atoms with E-state index in [1.54, 1.807) is 0 Å². The maximum absolute atomic E-state index is 13.5. The van der Waals surface area contributed by atoms with E-state index in [-0.39, 0.29) is 19.0 Å². The van der Waals surface area contributed by atoms with Crippen LogP contribution in [0.25, 0.3) is 0 Å². The number of fused-ring (bicyclic) bond motifs is 1. The maximum Gasteiger partial charge on any atom is 0.243 e. The first-order valence-electron chi connectivity index (χ1n) is 9.36. The highest BCUT2D eigenvalue weighted by atomic mass is 19.2. The Labute approximate surface area is 156 Å². The summed E-state index contributed by atoms with van der Waals surface area (Å²) in [5, 5.41) is 4.61. The molecule has 148 valence electrons. The Hall–Kier alpha value is -2.09. The van der Waals surface area contributed by atoms with Gasteiger partial charge in [0, 0.05) is 6.54 Å². The van der Waals surface area contributed by atoms with Crippen LogP contribution in [0.5, 0.6) is 0 Å². The van der Waals surface area contributed by atoms with Gasteiger partial charge in [-0.05, 0) is 43.4 Å². The molecule has 8 heteroatoms. The minimum Gasteiger partial charge on any atom is -0.346 e. The fraction of sp³-hybridized carbons (Fsp3) is 0.579. The number of amides is 2. The second-order valence-corrected chi connectivity index (χ2v) is 7.38. The van der Waals surface area contributed by atoms with Crippen LogP contribution in [0.4, 0.5) is 18.9 Å². The molecule has 1 aliphatic heterocycles. The molecule has 1 aromatic carbocycles. The SMILES string of the molecule is O=C(CN1CC[C@H]2CCCC[C@@H]2C1)NCC(=O)Nc1ccc(F)c(F)c1F. The molecule has 1 saturated heterocycles. The maximum atomic E-state index is 13.5. The van der Waals surface area contributed by atoms with E-state index >= 15 is 0 Å². The molecule has 2 aliphatic rings. The van der Waals surface area contributed by atoms with Crippen molar-refractivity contribution < 1.29 is 22.8 Å². The van der Waals surface area contributed by atoms with E-state index in [4.69, 9.17) is 0 Å². The van der Waals surface area contributed by atoms with E-state index in [9.17, 15) is 22.8 Å². The van der Waals surface area contributed by atoms with Gasteiger partial charge in [0.25, 0.3) is 0 Å². The topological polar surface area (TPSA) is 61.4 Å². The highest BCUT2D eigenvalue weighted by Crippen LogP contribution is 2.35. The van der Waals surface area contributed by atoms with E-state index in [1.807, 2.05) is 0 Å². The lowest BCUT2D eigenvalue weighted by atomic mass is 9.75. The van der Waals surface area contributed by atoms with Gasteiger partial charge in [-0.15, -0.1) is 0 Å². The van der Waals surface area contributed by atoms with Crippen molar-refractivity contribution in [1.29, 1.82) is 0 Å². The molecule has 0 aromatic heterocycles. The van der Waals surface area contributed by atoms with E-state index in [2.05, 4.69) is 15.5 Å². The standard InChI is InChI=1S/C19H24F3N3O2/c20-14-5-6-15(19(22)18(14)21)24-16(26)9-23-17(27)11-25-8-7-12-3-1-2-4-13(12)10-25/h5-6,12-13H,1-4,7-11H2,(H,23,27)(H,24,26)/t12-,13-/m1/s1. The van der Waals surface area contributed by atoms with Crippen LogP contribution >= 0.6 is 0 Å². The summed E-state index contributed by atoms with van der Waals surface area (Å²) in [6.07, 6.45) is 6.15. The van der Waals surface area contributed by atoms with Gasteiger partial charge in [0.05, 0.1) is 18.8 Å². The number of carbonyl (C=O) groups is 2. The normalized spacial score (nSPS) is 22.8. The molecule has 1 aliphatic carbocycles. The number of likely N-dealkylation sites (tertiary alicyclic amines) is 1. The number of nitrogens with zero attached hydrogens (tertiary/aromatic N) is 1. The number of nitrogens with one attached hydrogen (secondary N) is 2. The molecule has 2 amide bonds. The first kappa shape index (κ1) is 19.7. The molecule has 1 heterocycles. The first-order valence-corrected chi connectivity index (χ1v) is 9.36. The van der Waals surface area contributed by atoms with Gasteiger partial charge in [-0.1, -0.05) is 19.3 Å². The molecule has 2 atom stereocenters. The van der Waals surface area contributed by atoms with Crippen molar-refractivity contribution in [2.24, 2.45) is 11.8 Å². The van der Waals surface area contributed by atoms with Crippen LogP contribution in [-0.2, 0) is 9.59 Å². The molecule has 2 N–H and O–H groups in total. The third-order valence-corrected chi connectivity index (χ3v) is 5.50. The Morgan fingerprint density at radius 1 is 1.00 bits per heavy atom. The largest absolute Gasteiger partial charge is 0.346 e. The molecule has 1 aromatic rings. The highest BCUT2D eigenvalue weighted by molar-refractivity contribution is 5.94. The average Bonchev–Trinajstić information content (AvgIpc) is 2.67. The van der Waals surface area contributed by atoms with Crippen LogP contribution in [-0.4, -0.2) is 42.9 Å². The van der Waals surface area contributed by atoms with Gasteiger partial charge in [-0.25, -0.2) is 13.2 Å². The van der Waals surface area contributed by atoms with E-state index < -0.39 is 29.0 Å². The Morgan fingerprint density at radius 3 is 2.52 bits per heavy atom. The van der Waals surface area contributed by atoms with Crippen molar-refractivity contribution in [2.45, 2.75) is 32.1 Å². The van der Waals surface area contributed by atoms with Crippen LogP contribution < -0.4 is 10.6 Å². The van der Waals surface area contributed by atoms with Gasteiger partial charge in [-0.3, -0.25) is 14.5 Å². The molecular formula is C19H24F3N3O2. The predicted molar refractivity (Wildman–Crippen MR) is 94.5 cm³/mol. The molecule has 27 heavy (non-hydrogen) atoms. The summed E-state index contributed by atoms with van der Waals surface area (Å²) in [5.74, 6) is -4.02. The lowest BCUT2D eigenvalue weighted by molar-refractivity contribution is -0.125. The summed E-state index contributed by atoms with van der Waals surface area (Å²) < 4.78 is 39.6. The van der Waals surface area contributed by atoms with Gasteiger partial charge in [0.2, 0.25) is 11.8 Å². The van der Waals surface area contributed by atoms with Crippen molar-refractivity contribution in [3.63, 3.8) is 0 Å². The minimum absolute atomic E-state index is 0.218. The molecule has 0 radical (unpaired) electrons. The van der Waals surface area contributed by atoms with Crippen molar-refractivity contribution in [2.75, 3.05) is 31.5 Å². The number of anilines is 1. The molecule has 1 saturated carbocycles. The molecule has 2 fully saturated rings. The smallest absolute Gasteiger partial charge is 0.243 e. The number of piperidine rings is 1. The van der Waals surface area contributed by atoms with Crippen molar-refractivity contribution in [1.82, 2.24) is 10.2 Å². The summed E-state index contributed by atoms with van der Waals surface area (Å²) >= 11 is 0. The fourth-order valence-corrected chi connectivity index (χ4v) is 4.07.